The second-order valence-corrected chi connectivity index (χ2v) is 4.20. The van der Waals surface area contributed by atoms with Crippen LogP contribution in [-0.2, 0) is 0 Å². The first kappa shape index (κ1) is 12.8. The minimum atomic E-state index is 0.694. The average Bonchev–Trinajstić information content (AvgIpc) is 2.29. The molecule has 0 unspecified atom stereocenters. The number of hydrogen-bond donors (Lipinski definition) is 1. The van der Waals surface area contributed by atoms with Gasteiger partial charge in [-0.05, 0) is 18.5 Å². The Labute approximate surface area is 98.3 Å². The zero-order valence-corrected chi connectivity index (χ0v) is 10.4. The van der Waals surface area contributed by atoms with Gasteiger partial charge in [0.2, 0.25) is 0 Å². The van der Waals surface area contributed by atoms with Crippen LogP contribution in [0.5, 0.6) is 5.75 Å². The van der Waals surface area contributed by atoms with Crippen molar-refractivity contribution in [1.82, 2.24) is 5.32 Å². The molecule has 0 fully saturated rings. The number of para-hydroxylation sites is 1. The molecule has 0 saturated heterocycles. The molecule has 0 aliphatic heterocycles. The van der Waals surface area contributed by atoms with Crippen molar-refractivity contribution in [3.05, 3.63) is 35.9 Å². The third-order valence-corrected chi connectivity index (χ3v) is 2.25. The van der Waals surface area contributed by atoms with E-state index in [-0.39, 0.29) is 0 Å². The number of hydrogen-bond acceptors (Lipinski definition) is 2. The zero-order chi connectivity index (χ0) is 11.8. The summed E-state index contributed by atoms with van der Waals surface area (Å²) in [5.74, 6) is 1.61. The monoisotopic (exact) mass is 219 g/mol. The van der Waals surface area contributed by atoms with Gasteiger partial charge in [-0.25, -0.2) is 0 Å². The third-order valence-electron chi connectivity index (χ3n) is 2.25. The zero-order valence-electron chi connectivity index (χ0n) is 10.4. The molecular formula is C14H21NO. The Morgan fingerprint density at radius 1 is 1.31 bits per heavy atom. The molecule has 0 saturated carbocycles. The Morgan fingerprint density at radius 2 is 2.06 bits per heavy atom. The van der Waals surface area contributed by atoms with Crippen LogP contribution in [0.2, 0.25) is 0 Å². The quantitative estimate of drug-likeness (QED) is 0.743. The highest BCUT2D eigenvalue weighted by molar-refractivity contribution is 5.57. The second-order valence-electron chi connectivity index (χ2n) is 4.20. The number of rotatable bonds is 6. The van der Waals surface area contributed by atoms with Crippen LogP contribution < -0.4 is 10.1 Å². The Hall–Kier alpha value is -1.28. The first-order chi connectivity index (χ1) is 7.74. The maximum absolute atomic E-state index is 5.27. The van der Waals surface area contributed by atoms with Crippen molar-refractivity contribution in [1.29, 1.82) is 0 Å². The fraction of sp³-hybridized carbons (Fsp3) is 0.429. The standard InChI is InChI=1S/C14H21NO/c1-12(2)11-15-10-6-8-13-7-4-5-9-14(13)16-3/h4-9,12,15H,10-11H2,1-3H3. The number of benzene rings is 1. The van der Waals surface area contributed by atoms with Crippen LogP contribution in [0.1, 0.15) is 19.4 Å². The van der Waals surface area contributed by atoms with Gasteiger partial charge in [-0.1, -0.05) is 44.2 Å². The number of ether oxygens (including phenoxy) is 1. The molecule has 2 heteroatoms. The fourth-order valence-corrected chi connectivity index (χ4v) is 1.45. The van der Waals surface area contributed by atoms with Crippen LogP contribution in [0.3, 0.4) is 0 Å². The lowest BCUT2D eigenvalue weighted by Crippen LogP contribution is -2.19. The fourth-order valence-electron chi connectivity index (χ4n) is 1.45. The van der Waals surface area contributed by atoms with E-state index in [1.165, 1.54) is 0 Å². The van der Waals surface area contributed by atoms with Gasteiger partial charge in [0.15, 0.2) is 0 Å². The first-order valence-corrected chi connectivity index (χ1v) is 5.74. The molecule has 0 aromatic heterocycles. The molecule has 0 amide bonds. The third kappa shape index (κ3) is 4.49. The van der Waals surface area contributed by atoms with E-state index in [0.717, 1.165) is 24.4 Å². The van der Waals surface area contributed by atoms with Crippen LogP contribution >= 0.6 is 0 Å². The van der Waals surface area contributed by atoms with Crippen molar-refractivity contribution in [2.45, 2.75) is 13.8 Å². The van der Waals surface area contributed by atoms with Gasteiger partial charge in [0.25, 0.3) is 0 Å². The Balaban J connectivity index is 2.43. The van der Waals surface area contributed by atoms with Gasteiger partial charge >= 0.3 is 0 Å². The molecule has 2 nitrogen and oxygen atoms in total. The average molecular weight is 219 g/mol. The molecule has 0 spiro atoms. The Morgan fingerprint density at radius 3 is 2.75 bits per heavy atom. The molecule has 0 radical (unpaired) electrons. The maximum atomic E-state index is 5.27. The lowest BCUT2D eigenvalue weighted by atomic mass is 10.2. The first-order valence-electron chi connectivity index (χ1n) is 5.74. The van der Waals surface area contributed by atoms with Crippen molar-refractivity contribution in [2.75, 3.05) is 20.2 Å². The molecule has 0 heterocycles. The van der Waals surface area contributed by atoms with Gasteiger partial charge in [0.05, 0.1) is 7.11 Å². The lowest BCUT2D eigenvalue weighted by molar-refractivity contribution is 0.414. The predicted octanol–water partition coefficient (Wildman–Crippen LogP) is 2.95. The molecule has 1 aromatic rings. The highest BCUT2D eigenvalue weighted by Crippen LogP contribution is 2.18. The predicted molar refractivity (Wildman–Crippen MR) is 69.7 cm³/mol. The van der Waals surface area contributed by atoms with E-state index >= 15 is 0 Å². The molecule has 0 atom stereocenters. The van der Waals surface area contributed by atoms with E-state index in [1.54, 1.807) is 7.11 Å². The van der Waals surface area contributed by atoms with Crippen molar-refractivity contribution >= 4 is 6.08 Å². The SMILES string of the molecule is COc1ccccc1C=CCNCC(C)C. The molecule has 1 N–H and O–H groups in total. The van der Waals surface area contributed by atoms with Gasteiger partial charge in [-0.3, -0.25) is 0 Å². The van der Waals surface area contributed by atoms with Crippen LogP contribution in [-0.4, -0.2) is 20.2 Å². The van der Waals surface area contributed by atoms with E-state index in [0.29, 0.717) is 5.92 Å². The highest BCUT2D eigenvalue weighted by atomic mass is 16.5. The van der Waals surface area contributed by atoms with E-state index in [9.17, 15) is 0 Å². The summed E-state index contributed by atoms with van der Waals surface area (Å²) in [5.41, 5.74) is 1.12. The summed E-state index contributed by atoms with van der Waals surface area (Å²) in [5, 5.41) is 3.36. The topological polar surface area (TPSA) is 21.3 Å². The van der Waals surface area contributed by atoms with Crippen molar-refractivity contribution < 1.29 is 4.74 Å². The van der Waals surface area contributed by atoms with Crippen molar-refractivity contribution in [3.63, 3.8) is 0 Å². The van der Waals surface area contributed by atoms with E-state index in [1.807, 2.05) is 18.2 Å². The summed E-state index contributed by atoms with van der Waals surface area (Å²) in [4.78, 5) is 0. The summed E-state index contributed by atoms with van der Waals surface area (Å²) >= 11 is 0. The summed E-state index contributed by atoms with van der Waals surface area (Å²) in [7, 11) is 1.70. The second kappa shape index (κ2) is 7.07. The van der Waals surface area contributed by atoms with Gasteiger partial charge < -0.3 is 10.1 Å². The summed E-state index contributed by atoms with van der Waals surface area (Å²) in [6, 6.07) is 8.02. The number of nitrogens with one attached hydrogen (secondary N) is 1. The smallest absolute Gasteiger partial charge is 0.126 e. The van der Waals surface area contributed by atoms with Gasteiger partial charge in [-0.2, -0.15) is 0 Å². The molecule has 0 bridgehead atoms. The van der Waals surface area contributed by atoms with Gasteiger partial charge in [0, 0.05) is 12.1 Å². The molecule has 0 aliphatic carbocycles. The van der Waals surface area contributed by atoms with E-state index < -0.39 is 0 Å². The van der Waals surface area contributed by atoms with Crippen molar-refractivity contribution in [2.24, 2.45) is 5.92 Å². The lowest BCUT2D eigenvalue weighted by Gasteiger charge is -2.05. The minimum absolute atomic E-state index is 0.694. The summed E-state index contributed by atoms with van der Waals surface area (Å²) < 4.78 is 5.27. The molecule has 16 heavy (non-hydrogen) atoms. The highest BCUT2D eigenvalue weighted by Gasteiger charge is 1.95. The van der Waals surface area contributed by atoms with Crippen LogP contribution in [0.15, 0.2) is 30.3 Å². The summed E-state index contributed by atoms with van der Waals surface area (Å²) in [6.45, 7) is 6.36. The largest absolute Gasteiger partial charge is 0.496 e. The maximum Gasteiger partial charge on any atom is 0.126 e. The van der Waals surface area contributed by atoms with E-state index in [2.05, 4.69) is 37.4 Å². The Bertz CT molecular complexity index is 331. The molecular weight excluding hydrogens is 198 g/mol. The van der Waals surface area contributed by atoms with Crippen LogP contribution in [0, 0.1) is 5.92 Å². The molecule has 88 valence electrons. The normalized spacial score (nSPS) is 11.2. The van der Waals surface area contributed by atoms with Crippen molar-refractivity contribution in [3.8, 4) is 5.75 Å². The summed E-state index contributed by atoms with van der Waals surface area (Å²) in [6.07, 6.45) is 4.21. The van der Waals surface area contributed by atoms with Crippen LogP contribution in [0.25, 0.3) is 6.08 Å². The van der Waals surface area contributed by atoms with E-state index in [4.69, 9.17) is 4.74 Å². The molecule has 1 rings (SSSR count). The van der Waals surface area contributed by atoms with Crippen LogP contribution in [0.4, 0.5) is 0 Å². The molecule has 0 aliphatic rings. The number of methoxy groups -OCH3 is 1. The molecule has 1 aromatic carbocycles. The van der Waals surface area contributed by atoms with Gasteiger partial charge in [0.1, 0.15) is 5.75 Å². The van der Waals surface area contributed by atoms with Gasteiger partial charge in [-0.15, -0.1) is 0 Å². The minimum Gasteiger partial charge on any atom is -0.496 e. The Kier molecular flexibility index (Phi) is 5.65.